The van der Waals surface area contributed by atoms with E-state index in [9.17, 15) is 22.4 Å². The van der Waals surface area contributed by atoms with Crippen LogP contribution in [0.3, 0.4) is 0 Å². The number of alkyl halides is 3. The summed E-state index contributed by atoms with van der Waals surface area (Å²) >= 11 is 11.0. The van der Waals surface area contributed by atoms with Gasteiger partial charge in [-0.25, -0.2) is 17.6 Å². The van der Waals surface area contributed by atoms with Gasteiger partial charge in [0.2, 0.25) is 0 Å². The second-order valence-corrected chi connectivity index (χ2v) is 9.63. The summed E-state index contributed by atoms with van der Waals surface area (Å²) in [7, 11) is -3.47. The Morgan fingerprint density at radius 2 is 1.77 bits per heavy atom. The highest BCUT2D eigenvalue weighted by atomic mass is 35.5. The van der Waals surface area contributed by atoms with Gasteiger partial charge >= 0.3 is 6.16 Å². The lowest BCUT2D eigenvalue weighted by Crippen LogP contribution is -2.44. The lowest BCUT2D eigenvalue weighted by atomic mass is 10.0. The first-order valence-corrected chi connectivity index (χ1v) is 12.2. The Morgan fingerprint density at radius 1 is 1.13 bits per heavy atom. The van der Waals surface area contributed by atoms with Crippen molar-refractivity contribution < 1.29 is 36.6 Å². The Morgan fingerprint density at radius 3 is 2.29 bits per heavy atom. The van der Waals surface area contributed by atoms with Gasteiger partial charge in [-0.1, -0.05) is 48.7 Å². The van der Waals surface area contributed by atoms with Crippen LogP contribution in [0.4, 0.5) is 9.18 Å². The summed E-state index contributed by atoms with van der Waals surface area (Å²) in [6.07, 6.45) is 0.419. The maximum atomic E-state index is 13.7. The first kappa shape index (κ1) is 27.4. The van der Waals surface area contributed by atoms with Crippen LogP contribution in [0, 0.1) is 0 Å². The third-order valence-electron chi connectivity index (χ3n) is 4.01. The van der Waals surface area contributed by atoms with Gasteiger partial charge in [0, 0.05) is 12.9 Å². The van der Waals surface area contributed by atoms with Crippen molar-refractivity contribution in [1.82, 2.24) is 5.32 Å². The number of nitrogens with one attached hydrogen (secondary N) is 1. The lowest BCUT2D eigenvalue weighted by Gasteiger charge is -2.26. The number of carbonyl (C=O) groups excluding carboxylic acids is 2. The van der Waals surface area contributed by atoms with Gasteiger partial charge in [0.25, 0.3) is 5.91 Å². The Kier molecular flexibility index (Phi) is 12.1. The Labute approximate surface area is 191 Å². The van der Waals surface area contributed by atoms with Gasteiger partial charge in [-0.2, -0.15) is 0 Å². The summed E-state index contributed by atoms with van der Waals surface area (Å²) in [5.41, 5.74) is 0.229. The second kappa shape index (κ2) is 13.7. The van der Waals surface area contributed by atoms with E-state index in [0.717, 1.165) is 19.1 Å². The zero-order chi connectivity index (χ0) is 23.4. The maximum absolute atomic E-state index is 13.7. The highest BCUT2D eigenvalue weighted by Crippen LogP contribution is 2.25. The molecule has 0 fully saturated rings. The number of sulfone groups is 1. The highest BCUT2D eigenvalue weighted by Gasteiger charge is 2.31. The molecule has 1 N–H and O–H groups in total. The first-order chi connectivity index (χ1) is 14.6. The molecule has 0 heterocycles. The third kappa shape index (κ3) is 10.0. The quantitative estimate of drug-likeness (QED) is 0.250. The molecule has 0 radical (unpaired) electrons. The fourth-order valence-electron chi connectivity index (χ4n) is 2.40. The number of carbonyl (C=O) groups is 2. The fraction of sp³-hybridized carbons (Fsp3) is 0.579. The molecule has 176 valence electrons. The molecule has 12 heteroatoms. The van der Waals surface area contributed by atoms with Crippen LogP contribution >= 0.6 is 23.2 Å². The molecule has 0 saturated carbocycles. The largest absolute Gasteiger partial charge is 0.509 e. The van der Waals surface area contributed by atoms with Crippen LogP contribution in [-0.2, 0) is 28.8 Å². The summed E-state index contributed by atoms with van der Waals surface area (Å²) in [6, 6.07) is 3.89. The molecule has 31 heavy (non-hydrogen) atoms. The molecule has 1 aromatic rings. The minimum atomic E-state index is -3.47. The van der Waals surface area contributed by atoms with E-state index in [1.807, 2.05) is 6.92 Å². The van der Waals surface area contributed by atoms with Crippen LogP contribution in [0.1, 0.15) is 31.4 Å². The van der Waals surface area contributed by atoms with Gasteiger partial charge in [0.05, 0.1) is 17.5 Å². The second-order valence-electron chi connectivity index (χ2n) is 6.51. The SMILES string of the molecule is CCCCOCCOC(=O)OC(c1ccc(S(C)(=O)=O)cc1)C(CF)NC(=O)C(Cl)Cl. The monoisotopic (exact) mass is 501 g/mol. The van der Waals surface area contributed by atoms with E-state index in [1.54, 1.807) is 0 Å². The molecule has 0 aliphatic rings. The number of rotatable bonds is 13. The molecule has 0 spiro atoms. The molecule has 1 rings (SSSR count). The summed E-state index contributed by atoms with van der Waals surface area (Å²) < 4.78 is 52.4. The average Bonchev–Trinajstić information content (AvgIpc) is 2.72. The number of amides is 1. The number of hydrogen-bond acceptors (Lipinski definition) is 7. The van der Waals surface area contributed by atoms with E-state index in [4.69, 9.17) is 37.4 Å². The molecular weight excluding hydrogens is 476 g/mol. The van der Waals surface area contributed by atoms with Crippen molar-refractivity contribution >= 4 is 45.1 Å². The van der Waals surface area contributed by atoms with Gasteiger partial charge < -0.3 is 19.5 Å². The van der Waals surface area contributed by atoms with Crippen LogP contribution < -0.4 is 5.32 Å². The average molecular weight is 502 g/mol. The summed E-state index contributed by atoms with van der Waals surface area (Å²) in [6.45, 7) is 1.49. The van der Waals surface area contributed by atoms with Gasteiger partial charge in [-0.3, -0.25) is 4.79 Å². The number of ether oxygens (including phenoxy) is 3. The molecule has 0 aromatic heterocycles. The van der Waals surface area contributed by atoms with Crippen molar-refractivity contribution in [2.24, 2.45) is 0 Å². The predicted octanol–water partition coefficient (Wildman–Crippen LogP) is 3.36. The molecule has 8 nitrogen and oxygen atoms in total. The molecule has 1 aromatic carbocycles. The van der Waals surface area contributed by atoms with Crippen molar-refractivity contribution in [3.63, 3.8) is 0 Å². The normalized spacial score (nSPS) is 13.5. The zero-order valence-electron chi connectivity index (χ0n) is 17.2. The zero-order valence-corrected chi connectivity index (χ0v) is 19.5. The lowest BCUT2D eigenvalue weighted by molar-refractivity contribution is -0.121. The van der Waals surface area contributed by atoms with E-state index in [-0.39, 0.29) is 23.7 Å². The fourth-order valence-corrected chi connectivity index (χ4v) is 3.15. The van der Waals surface area contributed by atoms with Crippen molar-refractivity contribution in [1.29, 1.82) is 0 Å². The Balaban J connectivity index is 2.94. The summed E-state index contributed by atoms with van der Waals surface area (Å²) in [5.74, 6) is -0.884. The first-order valence-electron chi connectivity index (χ1n) is 9.45. The number of benzene rings is 1. The molecule has 2 atom stereocenters. The van der Waals surface area contributed by atoms with E-state index in [1.165, 1.54) is 24.3 Å². The van der Waals surface area contributed by atoms with Crippen molar-refractivity contribution in [2.45, 2.75) is 41.6 Å². The van der Waals surface area contributed by atoms with E-state index in [0.29, 0.717) is 6.61 Å². The van der Waals surface area contributed by atoms with Gasteiger partial charge in [-0.05, 0) is 24.1 Å². The Bertz CT molecular complexity index is 806. The smallest absolute Gasteiger partial charge is 0.432 e. The number of unbranched alkanes of at least 4 members (excludes halogenated alkanes) is 1. The number of halogens is 3. The van der Waals surface area contributed by atoms with Crippen LogP contribution in [-0.4, -0.2) is 64.1 Å². The van der Waals surface area contributed by atoms with Crippen molar-refractivity contribution in [2.75, 3.05) is 32.8 Å². The molecule has 1 amide bonds. The minimum absolute atomic E-state index is 0.0178. The van der Waals surface area contributed by atoms with Gasteiger partial charge in [0.1, 0.15) is 13.3 Å². The third-order valence-corrected chi connectivity index (χ3v) is 5.53. The van der Waals surface area contributed by atoms with Crippen LogP contribution in [0.5, 0.6) is 0 Å². The van der Waals surface area contributed by atoms with E-state index >= 15 is 0 Å². The molecule has 0 aliphatic heterocycles. The van der Waals surface area contributed by atoms with Crippen LogP contribution in [0.15, 0.2) is 29.2 Å². The van der Waals surface area contributed by atoms with E-state index < -0.39 is 45.6 Å². The highest BCUT2D eigenvalue weighted by molar-refractivity contribution is 7.90. The maximum Gasteiger partial charge on any atom is 0.509 e. The minimum Gasteiger partial charge on any atom is -0.432 e. The molecule has 0 saturated heterocycles. The summed E-state index contributed by atoms with van der Waals surface area (Å²) in [5, 5.41) is 2.25. The predicted molar refractivity (Wildman–Crippen MR) is 114 cm³/mol. The van der Waals surface area contributed by atoms with Crippen molar-refractivity contribution in [3.8, 4) is 0 Å². The van der Waals surface area contributed by atoms with Gasteiger partial charge in [-0.15, -0.1) is 0 Å². The molecule has 2 unspecified atom stereocenters. The molecular formula is C19H26Cl2FNO7S. The number of hydrogen-bond donors (Lipinski definition) is 1. The standard InChI is InChI=1S/C19H26Cl2FNO7S/c1-3-4-9-28-10-11-29-19(25)30-16(15(12-22)23-18(24)17(20)21)13-5-7-14(8-6-13)31(2,26)27/h5-8,15-17H,3-4,9-12H2,1-2H3,(H,23,24). The van der Waals surface area contributed by atoms with Gasteiger partial charge in [0.15, 0.2) is 20.8 Å². The van der Waals surface area contributed by atoms with Crippen molar-refractivity contribution in [3.05, 3.63) is 29.8 Å². The van der Waals surface area contributed by atoms with Crippen LogP contribution in [0.25, 0.3) is 0 Å². The molecule has 0 aliphatic carbocycles. The molecule has 0 bridgehead atoms. The topological polar surface area (TPSA) is 108 Å². The van der Waals surface area contributed by atoms with Crippen LogP contribution in [0.2, 0.25) is 0 Å². The van der Waals surface area contributed by atoms with E-state index in [2.05, 4.69) is 5.32 Å². The Hall–Kier alpha value is -1.62. The summed E-state index contributed by atoms with van der Waals surface area (Å²) in [4.78, 5) is 22.5.